The second-order valence-corrected chi connectivity index (χ2v) is 3.43. The smallest absolute Gasteiger partial charge is 0.207 e. The standard InChI is InChI=1S/C9H17NO3/c1-3-4-5-9(6-8(2)11)7-10(12)13/h9H,3-7H2,1-2H3/t9-/m0/s1. The summed E-state index contributed by atoms with van der Waals surface area (Å²) in [6, 6.07) is 0. The molecule has 0 aliphatic heterocycles. The number of carbonyl (C=O) groups excluding carboxylic acids is 1. The topological polar surface area (TPSA) is 60.2 Å². The molecule has 0 N–H and O–H groups in total. The highest BCUT2D eigenvalue weighted by atomic mass is 16.6. The molecule has 0 fully saturated rings. The summed E-state index contributed by atoms with van der Waals surface area (Å²) in [4.78, 5) is 20.7. The molecule has 1 atom stereocenters. The van der Waals surface area contributed by atoms with Crippen LogP contribution in [0.1, 0.15) is 39.5 Å². The summed E-state index contributed by atoms with van der Waals surface area (Å²) in [5.74, 6) is -0.0181. The third-order valence-electron chi connectivity index (χ3n) is 1.95. The lowest BCUT2D eigenvalue weighted by Gasteiger charge is -2.09. The van der Waals surface area contributed by atoms with Crippen LogP contribution in [0.15, 0.2) is 0 Å². The fourth-order valence-electron chi connectivity index (χ4n) is 1.37. The van der Waals surface area contributed by atoms with Gasteiger partial charge in [-0.3, -0.25) is 10.1 Å². The van der Waals surface area contributed by atoms with E-state index in [-0.39, 0.29) is 23.2 Å². The fourth-order valence-corrected chi connectivity index (χ4v) is 1.37. The van der Waals surface area contributed by atoms with E-state index in [1.165, 1.54) is 6.92 Å². The Bertz CT molecular complexity index is 164. The van der Waals surface area contributed by atoms with Crippen LogP contribution in [0.2, 0.25) is 0 Å². The zero-order valence-electron chi connectivity index (χ0n) is 8.28. The molecule has 0 aromatic heterocycles. The highest BCUT2D eigenvalue weighted by Crippen LogP contribution is 2.13. The van der Waals surface area contributed by atoms with Gasteiger partial charge in [0, 0.05) is 17.3 Å². The zero-order valence-corrected chi connectivity index (χ0v) is 8.28. The van der Waals surface area contributed by atoms with Crippen molar-refractivity contribution < 1.29 is 9.72 Å². The van der Waals surface area contributed by atoms with E-state index in [1.807, 2.05) is 6.92 Å². The van der Waals surface area contributed by atoms with Crippen LogP contribution in [0.3, 0.4) is 0 Å². The van der Waals surface area contributed by atoms with Gasteiger partial charge >= 0.3 is 0 Å². The predicted molar refractivity (Wildman–Crippen MR) is 50.2 cm³/mol. The SMILES string of the molecule is CCCC[C@@H](CC(C)=O)C[N+](=O)[O-]. The Morgan fingerprint density at radius 3 is 2.54 bits per heavy atom. The van der Waals surface area contributed by atoms with Crippen LogP contribution >= 0.6 is 0 Å². The monoisotopic (exact) mass is 187 g/mol. The molecule has 4 nitrogen and oxygen atoms in total. The number of hydrogen-bond acceptors (Lipinski definition) is 3. The average molecular weight is 187 g/mol. The van der Waals surface area contributed by atoms with Crippen molar-refractivity contribution in [2.45, 2.75) is 39.5 Å². The highest BCUT2D eigenvalue weighted by molar-refractivity contribution is 5.75. The molecular formula is C9H17NO3. The molecule has 0 aromatic rings. The van der Waals surface area contributed by atoms with E-state index < -0.39 is 0 Å². The quantitative estimate of drug-likeness (QED) is 0.452. The molecule has 0 bridgehead atoms. The predicted octanol–water partition coefficient (Wildman–Crippen LogP) is 2.05. The summed E-state index contributed by atoms with van der Waals surface area (Å²) in [6.07, 6.45) is 3.12. The maximum absolute atomic E-state index is 10.8. The third kappa shape index (κ3) is 7.43. The minimum Gasteiger partial charge on any atom is -0.300 e. The van der Waals surface area contributed by atoms with Crippen LogP contribution in [0.4, 0.5) is 0 Å². The normalized spacial score (nSPS) is 12.5. The van der Waals surface area contributed by atoms with E-state index in [4.69, 9.17) is 0 Å². The van der Waals surface area contributed by atoms with Gasteiger partial charge in [-0.2, -0.15) is 0 Å². The van der Waals surface area contributed by atoms with Crippen molar-refractivity contribution in [2.24, 2.45) is 5.92 Å². The van der Waals surface area contributed by atoms with Crippen molar-refractivity contribution in [2.75, 3.05) is 6.54 Å². The molecule has 0 saturated carbocycles. The van der Waals surface area contributed by atoms with Gasteiger partial charge < -0.3 is 4.79 Å². The number of ketones is 1. The molecule has 0 spiro atoms. The van der Waals surface area contributed by atoms with Gasteiger partial charge in [0.25, 0.3) is 0 Å². The molecule has 0 unspecified atom stereocenters. The molecule has 0 aliphatic carbocycles. The molecule has 0 radical (unpaired) electrons. The van der Waals surface area contributed by atoms with E-state index in [2.05, 4.69) is 0 Å². The lowest BCUT2D eigenvalue weighted by Crippen LogP contribution is -2.16. The highest BCUT2D eigenvalue weighted by Gasteiger charge is 2.16. The van der Waals surface area contributed by atoms with Crippen molar-refractivity contribution in [3.05, 3.63) is 10.1 Å². The first kappa shape index (κ1) is 12.1. The number of nitro groups is 1. The number of hydrogen-bond donors (Lipinski definition) is 0. The second kappa shape index (κ2) is 6.57. The lowest BCUT2D eigenvalue weighted by atomic mass is 9.97. The summed E-state index contributed by atoms with van der Waals surface area (Å²) in [6.45, 7) is 3.45. The number of rotatable bonds is 7. The summed E-state index contributed by atoms with van der Waals surface area (Å²) in [5, 5.41) is 10.2. The fraction of sp³-hybridized carbons (Fsp3) is 0.889. The Morgan fingerprint density at radius 1 is 1.54 bits per heavy atom. The second-order valence-electron chi connectivity index (χ2n) is 3.43. The summed E-state index contributed by atoms with van der Waals surface area (Å²) in [7, 11) is 0. The van der Waals surface area contributed by atoms with Gasteiger partial charge in [0.05, 0.1) is 0 Å². The number of Topliss-reactive ketones (excluding diaryl/α,β-unsaturated/α-hetero) is 1. The molecule has 4 heteroatoms. The lowest BCUT2D eigenvalue weighted by molar-refractivity contribution is -0.488. The maximum atomic E-state index is 10.8. The summed E-state index contributed by atoms with van der Waals surface area (Å²) in [5.41, 5.74) is 0. The van der Waals surface area contributed by atoms with Crippen LogP contribution in [0.25, 0.3) is 0 Å². The van der Waals surface area contributed by atoms with Crippen LogP contribution < -0.4 is 0 Å². The number of carbonyl (C=O) groups is 1. The minimum absolute atomic E-state index is 0.0444. The van der Waals surface area contributed by atoms with Gasteiger partial charge in [-0.25, -0.2) is 0 Å². The first-order chi connectivity index (χ1) is 6.06. The van der Waals surface area contributed by atoms with E-state index in [0.717, 1.165) is 19.3 Å². The van der Waals surface area contributed by atoms with E-state index >= 15 is 0 Å². The Kier molecular flexibility index (Phi) is 6.10. The van der Waals surface area contributed by atoms with Crippen LogP contribution in [-0.2, 0) is 4.79 Å². The van der Waals surface area contributed by atoms with Crippen molar-refractivity contribution in [3.63, 3.8) is 0 Å². The Labute approximate surface area is 78.5 Å². The van der Waals surface area contributed by atoms with Gasteiger partial charge in [-0.05, 0) is 13.3 Å². The van der Waals surface area contributed by atoms with Gasteiger partial charge in [0.2, 0.25) is 6.54 Å². The van der Waals surface area contributed by atoms with Crippen molar-refractivity contribution in [3.8, 4) is 0 Å². The Hall–Kier alpha value is -0.930. The summed E-state index contributed by atoms with van der Waals surface area (Å²) >= 11 is 0. The molecule has 76 valence electrons. The molecular weight excluding hydrogens is 170 g/mol. The van der Waals surface area contributed by atoms with Gasteiger partial charge in [0.15, 0.2) is 0 Å². The Balaban J connectivity index is 3.87. The maximum Gasteiger partial charge on any atom is 0.207 e. The molecule has 0 aromatic carbocycles. The van der Waals surface area contributed by atoms with E-state index in [0.29, 0.717) is 6.42 Å². The van der Waals surface area contributed by atoms with Gasteiger partial charge in [-0.1, -0.05) is 19.8 Å². The van der Waals surface area contributed by atoms with Gasteiger partial charge in [-0.15, -0.1) is 0 Å². The van der Waals surface area contributed by atoms with Crippen LogP contribution in [0, 0.1) is 16.0 Å². The molecule has 0 saturated heterocycles. The largest absolute Gasteiger partial charge is 0.300 e. The van der Waals surface area contributed by atoms with Crippen molar-refractivity contribution in [1.29, 1.82) is 0 Å². The van der Waals surface area contributed by atoms with Crippen molar-refractivity contribution >= 4 is 5.78 Å². The molecule has 13 heavy (non-hydrogen) atoms. The average Bonchev–Trinajstić information content (AvgIpc) is 1.98. The van der Waals surface area contributed by atoms with Crippen molar-refractivity contribution in [1.82, 2.24) is 0 Å². The third-order valence-corrected chi connectivity index (χ3v) is 1.95. The molecule has 0 amide bonds. The van der Waals surface area contributed by atoms with Gasteiger partial charge in [0.1, 0.15) is 5.78 Å². The van der Waals surface area contributed by atoms with Crippen LogP contribution in [-0.4, -0.2) is 17.3 Å². The number of unbranched alkanes of at least 4 members (excludes halogenated alkanes) is 1. The number of nitrogens with zero attached hydrogens (tertiary/aromatic N) is 1. The van der Waals surface area contributed by atoms with E-state index in [9.17, 15) is 14.9 Å². The van der Waals surface area contributed by atoms with E-state index in [1.54, 1.807) is 0 Å². The summed E-state index contributed by atoms with van der Waals surface area (Å²) < 4.78 is 0. The molecule has 0 aliphatic rings. The first-order valence-electron chi connectivity index (χ1n) is 4.67. The molecule has 0 heterocycles. The first-order valence-corrected chi connectivity index (χ1v) is 4.67. The minimum atomic E-state index is -0.330. The van der Waals surface area contributed by atoms with Crippen LogP contribution in [0.5, 0.6) is 0 Å². The Morgan fingerprint density at radius 2 is 2.15 bits per heavy atom. The molecule has 0 rings (SSSR count). The zero-order chi connectivity index (χ0) is 10.3.